The van der Waals surface area contributed by atoms with E-state index in [1.165, 1.54) is 42.8 Å². The van der Waals surface area contributed by atoms with Crippen molar-refractivity contribution in [3.63, 3.8) is 0 Å². The molecular formula is C20H24N4S2. The van der Waals surface area contributed by atoms with Crippen molar-refractivity contribution in [1.82, 2.24) is 19.9 Å². The van der Waals surface area contributed by atoms with E-state index in [1.54, 1.807) is 22.7 Å². The lowest BCUT2D eigenvalue weighted by atomic mass is 10.1. The highest BCUT2D eigenvalue weighted by Crippen LogP contribution is 2.31. The Kier molecular flexibility index (Phi) is 5.43. The average Bonchev–Trinajstić information content (AvgIpc) is 3.23. The first-order valence-corrected chi connectivity index (χ1v) is 10.9. The van der Waals surface area contributed by atoms with Gasteiger partial charge in [-0.15, -0.1) is 22.7 Å². The van der Waals surface area contributed by atoms with Gasteiger partial charge in [0.15, 0.2) is 0 Å². The molecule has 0 saturated carbocycles. The fourth-order valence-electron chi connectivity index (χ4n) is 3.45. The second-order valence-electron chi connectivity index (χ2n) is 6.95. The first-order valence-electron chi connectivity index (χ1n) is 9.22. The first-order chi connectivity index (χ1) is 12.7. The molecule has 6 heteroatoms. The zero-order valence-electron chi connectivity index (χ0n) is 15.4. The Hall–Kier alpha value is -1.63. The van der Waals surface area contributed by atoms with Crippen molar-refractivity contribution >= 4 is 22.7 Å². The number of aryl methyl sites for hydroxylation is 2. The molecule has 4 rings (SSSR count). The van der Waals surface area contributed by atoms with Crippen molar-refractivity contribution < 1.29 is 0 Å². The summed E-state index contributed by atoms with van der Waals surface area (Å²) in [6, 6.07) is 4.38. The molecule has 0 aromatic carbocycles. The standard InChI is InChI=1S/C20H24N4S2/c1-14-20(26-15(2)22-14)18-13-25-19(23-18)10-17-7-6-16(11-21-17)12-24-8-4-3-5-9-24/h6-7,11,13H,3-5,8-10,12H2,1-2H3. The van der Waals surface area contributed by atoms with E-state index < -0.39 is 0 Å². The topological polar surface area (TPSA) is 41.9 Å². The molecule has 0 unspecified atom stereocenters. The maximum absolute atomic E-state index is 4.81. The van der Waals surface area contributed by atoms with Crippen LogP contribution < -0.4 is 0 Å². The van der Waals surface area contributed by atoms with E-state index in [1.807, 2.05) is 13.1 Å². The van der Waals surface area contributed by atoms with E-state index in [-0.39, 0.29) is 0 Å². The molecule has 1 aliphatic rings. The first kappa shape index (κ1) is 17.8. The van der Waals surface area contributed by atoms with Gasteiger partial charge in [-0.25, -0.2) is 9.97 Å². The zero-order chi connectivity index (χ0) is 17.9. The van der Waals surface area contributed by atoms with Crippen molar-refractivity contribution in [2.24, 2.45) is 0 Å². The van der Waals surface area contributed by atoms with Gasteiger partial charge in [-0.3, -0.25) is 9.88 Å². The Morgan fingerprint density at radius 1 is 1.08 bits per heavy atom. The molecule has 1 aliphatic heterocycles. The Labute approximate surface area is 163 Å². The van der Waals surface area contributed by atoms with Crippen molar-refractivity contribution in [2.75, 3.05) is 13.1 Å². The van der Waals surface area contributed by atoms with Gasteiger partial charge in [0.1, 0.15) is 0 Å². The lowest BCUT2D eigenvalue weighted by molar-refractivity contribution is 0.220. The van der Waals surface area contributed by atoms with E-state index in [0.29, 0.717) is 0 Å². The van der Waals surface area contributed by atoms with Crippen molar-refractivity contribution in [3.8, 4) is 10.6 Å². The monoisotopic (exact) mass is 384 g/mol. The number of likely N-dealkylation sites (tertiary alicyclic amines) is 1. The van der Waals surface area contributed by atoms with Gasteiger partial charge in [0.25, 0.3) is 0 Å². The number of rotatable bonds is 5. The predicted molar refractivity (Wildman–Crippen MR) is 109 cm³/mol. The van der Waals surface area contributed by atoms with Crippen molar-refractivity contribution in [2.45, 2.75) is 46.1 Å². The molecule has 3 aromatic rings. The molecule has 136 valence electrons. The molecular weight excluding hydrogens is 360 g/mol. The van der Waals surface area contributed by atoms with Gasteiger partial charge in [0, 0.05) is 30.2 Å². The molecule has 26 heavy (non-hydrogen) atoms. The summed E-state index contributed by atoms with van der Waals surface area (Å²) in [4.78, 5) is 17.7. The minimum Gasteiger partial charge on any atom is -0.299 e. The van der Waals surface area contributed by atoms with Gasteiger partial charge in [-0.1, -0.05) is 12.5 Å². The summed E-state index contributed by atoms with van der Waals surface area (Å²) in [5.41, 5.74) is 4.52. The average molecular weight is 385 g/mol. The van der Waals surface area contributed by atoms with Crippen LogP contribution in [0.2, 0.25) is 0 Å². The molecule has 0 bridgehead atoms. The maximum Gasteiger partial charge on any atom is 0.0992 e. The number of thiazole rings is 2. The van der Waals surface area contributed by atoms with Gasteiger partial charge >= 0.3 is 0 Å². The molecule has 1 saturated heterocycles. The highest BCUT2D eigenvalue weighted by molar-refractivity contribution is 7.15. The molecule has 0 radical (unpaired) electrons. The van der Waals surface area contributed by atoms with Crippen LogP contribution in [-0.2, 0) is 13.0 Å². The van der Waals surface area contributed by atoms with Crippen molar-refractivity contribution in [1.29, 1.82) is 0 Å². The zero-order valence-corrected chi connectivity index (χ0v) is 17.0. The molecule has 0 atom stereocenters. The Morgan fingerprint density at radius 2 is 1.92 bits per heavy atom. The largest absolute Gasteiger partial charge is 0.299 e. The number of hydrogen-bond donors (Lipinski definition) is 0. The highest BCUT2D eigenvalue weighted by Gasteiger charge is 2.13. The van der Waals surface area contributed by atoms with Crippen LogP contribution in [-0.4, -0.2) is 32.9 Å². The summed E-state index contributed by atoms with van der Waals surface area (Å²) >= 11 is 3.43. The third-order valence-electron chi connectivity index (χ3n) is 4.76. The van der Waals surface area contributed by atoms with E-state index in [2.05, 4.69) is 39.3 Å². The van der Waals surface area contributed by atoms with Crippen LogP contribution in [0.3, 0.4) is 0 Å². The lowest BCUT2D eigenvalue weighted by Gasteiger charge is -2.26. The summed E-state index contributed by atoms with van der Waals surface area (Å²) < 4.78 is 0. The summed E-state index contributed by atoms with van der Waals surface area (Å²) in [6.07, 6.45) is 6.87. The smallest absolute Gasteiger partial charge is 0.0992 e. The van der Waals surface area contributed by atoms with E-state index in [0.717, 1.165) is 40.1 Å². The summed E-state index contributed by atoms with van der Waals surface area (Å²) in [7, 11) is 0. The number of piperidine rings is 1. The Morgan fingerprint density at radius 3 is 2.62 bits per heavy atom. The van der Waals surface area contributed by atoms with Gasteiger partial charge in [-0.2, -0.15) is 0 Å². The summed E-state index contributed by atoms with van der Waals surface area (Å²) in [5.74, 6) is 0. The molecule has 4 nitrogen and oxygen atoms in total. The molecule has 4 heterocycles. The third kappa shape index (κ3) is 4.19. The van der Waals surface area contributed by atoms with E-state index >= 15 is 0 Å². The van der Waals surface area contributed by atoms with Gasteiger partial charge in [0.05, 0.1) is 26.3 Å². The van der Waals surface area contributed by atoms with Crippen LogP contribution in [0.25, 0.3) is 10.6 Å². The Bertz CT molecular complexity index is 860. The lowest BCUT2D eigenvalue weighted by Crippen LogP contribution is -2.29. The predicted octanol–water partition coefficient (Wildman–Crippen LogP) is 4.86. The van der Waals surface area contributed by atoms with E-state index in [4.69, 9.17) is 4.98 Å². The molecule has 0 aliphatic carbocycles. The van der Waals surface area contributed by atoms with Crippen LogP contribution >= 0.6 is 22.7 Å². The fraction of sp³-hybridized carbons (Fsp3) is 0.450. The molecule has 0 N–H and O–H groups in total. The SMILES string of the molecule is Cc1nc(C)c(-c2csc(Cc3ccc(CN4CCCCC4)cn3)n2)s1. The molecule has 0 amide bonds. The molecule has 0 spiro atoms. The minimum absolute atomic E-state index is 0.797. The number of nitrogens with zero attached hydrogens (tertiary/aromatic N) is 4. The fourth-order valence-corrected chi connectivity index (χ4v) is 5.20. The molecule has 3 aromatic heterocycles. The van der Waals surface area contributed by atoms with Crippen molar-refractivity contribution in [3.05, 3.63) is 50.7 Å². The summed E-state index contributed by atoms with van der Waals surface area (Å²) in [6.45, 7) is 7.57. The normalized spacial score (nSPS) is 15.5. The van der Waals surface area contributed by atoms with Crippen LogP contribution in [0.1, 0.15) is 46.2 Å². The minimum atomic E-state index is 0.797. The van der Waals surface area contributed by atoms with Crippen LogP contribution in [0.4, 0.5) is 0 Å². The highest BCUT2D eigenvalue weighted by atomic mass is 32.1. The third-order valence-corrected chi connectivity index (χ3v) is 6.71. The molecule has 1 fully saturated rings. The number of aromatic nitrogens is 3. The maximum atomic E-state index is 4.81. The second kappa shape index (κ2) is 7.94. The summed E-state index contributed by atoms with van der Waals surface area (Å²) in [5, 5.41) is 4.35. The van der Waals surface area contributed by atoms with Gasteiger partial charge in [-0.05, 0) is 51.4 Å². The van der Waals surface area contributed by atoms with E-state index in [9.17, 15) is 0 Å². The van der Waals surface area contributed by atoms with Gasteiger partial charge in [0.2, 0.25) is 0 Å². The quantitative estimate of drug-likeness (QED) is 0.630. The Balaban J connectivity index is 1.40. The van der Waals surface area contributed by atoms with Gasteiger partial charge < -0.3 is 0 Å². The number of hydrogen-bond acceptors (Lipinski definition) is 6. The van der Waals surface area contributed by atoms with Crippen LogP contribution in [0.15, 0.2) is 23.7 Å². The van der Waals surface area contributed by atoms with Crippen LogP contribution in [0, 0.1) is 13.8 Å². The number of pyridine rings is 1. The van der Waals surface area contributed by atoms with Crippen LogP contribution in [0.5, 0.6) is 0 Å². The second-order valence-corrected chi connectivity index (χ2v) is 9.09.